The number of halogens is 1. The molecule has 1 rings (SSSR count). The molecule has 0 atom stereocenters. The summed E-state index contributed by atoms with van der Waals surface area (Å²) in [5.41, 5.74) is 1.35. The maximum absolute atomic E-state index is 5.19. The predicted octanol–water partition coefficient (Wildman–Crippen LogP) is 2.95. The Labute approximate surface area is 100 Å². The van der Waals surface area contributed by atoms with Crippen LogP contribution in [0.15, 0.2) is 22.7 Å². The molecule has 0 unspecified atom stereocenters. The Balaban J connectivity index is 2.52. The molecule has 0 aliphatic carbocycles. The molecule has 0 aliphatic rings. The molecule has 0 aliphatic heterocycles. The van der Waals surface area contributed by atoms with E-state index in [1.165, 1.54) is 12.0 Å². The first kappa shape index (κ1) is 12.5. The van der Waals surface area contributed by atoms with Crippen LogP contribution < -0.4 is 4.74 Å². The highest BCUT2D eigenvalue weighted by molar-refractivity contribution is 9.10. The topological polar surface area (TPSA) is 12.5 Å². The van der Waals surface area contributed by atoms with Crippen LogP contribution in [0.2, 0.25) is 0 Å². The van der Waals surface area contributed by atoms with Gasteiger partial charge in [0, 0.05) is 0 Å². The summed E-state index contributed by atoms with van der Waals surface area (Å²) < 4.78 is 6.22. The highest BCUT2D eigenvalue weighted by Gasteiger charge is 2.01. The van der Waals surface area contributed by atoms with E-state index in [0.717, 1.165) is 23.2 Å². The molecule has 0 bridgehead atoms. The molecule has 0 heterocycles. The normalized spacial score (nSPS) is 10.7. The summed E-state index contributed by atoms with van der Waals surface area (Å²) in [4.78, 5) is 2.21. The maximum Gasteiger partial charge on any atom is 0.133 e. The molecule has 0 amide bonds. The lowest BCUT2D eigenvalue weighted by Gasteiger charge is -2.10. The van der Waals surface area contributed by atoms with Gasteiger partial charge in [-0.3, -0.25) is 0 Å². The fourth-order valence-electron chi connectivity index (χ4n) is 1.46. The molecule has 0 N–H and O–H groups in total. The van der Waals surface area contributed by atoms with E-state index in [1.54, 1.807) is 7.11 Å². The molecular formula is C12H18BrNO. The number of nitrogens with zero attached hydrogens (tertiary/aromatic N) is 1. The summed E-state index contributed by atoms with van der Waals surface area (Å²) >= 11 is 3.49. The second-order valence-corrected chi connectivity index (χ2v) is 4.73. The molecule has 2 nitrogen and oxygen atoms in total. The van der Waals surface area contributed by atoms with Gasteiger partial charge in [-0.05, 0) is 67.1 Å². The van der Waals surface area contributed by atoms with E-state index < -0.39 is 0 Å². The monoisotopic (exact) mass is 271 g/mol. The first-order valence-corrected chi connectivity index (χ1v) is 5.90. The van der Waals surface area contributed by atoms with E-state index in [2.05, 4.69) is 47.1 Å². The Morgan fingerprint density at radius 3 is 2.60 bits per heavy atom. The van der Waals surface area contributed by atoms with Gasteiger partial charge in [-0.1, -0.05) is 6.07 Å². The lowest BCUT2D eigenvalue weighted by molar-refractivity contribution is 0.400. The van der Waals surface area contributed by atoms with Crippen LogP contribution in [-0.2, 0) is 6.42 Å². The number of hydrogen-bond acceptors (Lipinski definition) is 2. The molecule has 0 fully saturated rings. The van der Waals surface area contributed by atoms with Gasteiger partial charge in [0.15, 0.2) is 0 Å². The third-order valence-electron chi connectivity index (χ3n) is 2.29. The summed E-state index contributed by atoms with van der Waals surface area (Å²) in [5, 5.41) is 0. The van der Waals surface area contributed by atoms with Crippen molar-refractivity contribution in [2.24, 2.45) is 0 Å². The minimum Gasteiger partial charge on any atom is -0.496 e. The zero-order valence-electron chi connectivity index (χ0n) is 9.59. The Hall–Kier alpha value is -0.540. The number of ether oxygens (including phenoxy) is 1. The van der Waals surface area contributed by atoms with Gasteiger partial charge in [-0.25, -0.2) is 0 Å². The molecule has 1 aromatic rings. The van der Waals surface area contributed by atoms with Crippen molar-refractivity contribution in [2.45, 2.75) is 12.8 Å². The quantitative estimate of drug-likeness (QED) is 0.817. The van der Waals surface area contributed by atoms with Gasteiger partial charge in [0.1, 0.15) is 5.75 Å². The van der Waals surface area contributed by atoms with E-state index >= 15 is 0 Å². The van der Waals surface area contributed by atoms with Crippen molar-refractivity contribution >= 4 is 15.9 Å². The van der Waals surface area contributed by atoms with E-state index in [9.17, 15) is 0 Å². The highest BCUT2D eigenvalue weighted by atomic mass is 79.9. The first-order valence-electron chi connectivity index (χ1n) is 5.10. The van der Waals surface area contributed by atoms with E-state index in [4.69, 9.17) is 4.74 Å². The van der Waals surface area contributed by atoms with Crippen LogP contribution in [-0.4, -0.2) is 32.6 Å². The molecule has 3 heteroatoms. The lowest BCUT2D eigenvalue weighted by Crippen LogP contribution is -2.13. The van der Waals surface area contributed by atoms with Gasteiger partial charge in [0.25, 0.3) is 0 Å². The van der Waals surface area contributed by atoms with Crippen LogP contribution in [0.4, 0.5) is 0 Å². The average molecular weight is 272 g/mol. The van der Waals surface area contributed by atoms with Gasteiger partial charge < -0.3 is 9.64 Å². The number of methoxy groups -OCH3 is 1. The molecular weight excluding hydrogens is 254 g/mol. The Morgan fingerprint density at radius 1 is 1.33 bits per heavy atom. The van der Waals surface area contributed by atoms with Gasteiger partial charge in [-0.2, -0.15) is 0 Å². The average Bonchev–Trinajstić information content (AvgIpc) is 2.17. The Morgan fingerprint density at radius 2 is 2.07 bits per heavy atom. The second kappa shape index (κ2) is 6.13. The number of hydrogen-bond donors (Lipinski definition) is 0. The SMILES string of the molecule is COc1ccc(CCCN(C)C)cc1Br. The third-order valence-corrected chi connectivity index (χ3v) is 2.91. The number of benzene rings is 1. The van der Waals surface area contributed by atoms with Crippen molar-refractivity contribution in [1.82, 2.24) is 4.90 Å². The third kappa shape index (κ3) is 4.22. The zero-order valence-corrected chi connectivity index (χ0v) is 11.2. The smallest absolute Gasteiger partial charge is 0.133 e. The standard InChI is InChI=1S/C12H18BrNO/c1-14(2)8-4-5-10-6-7-12(15-3)11(13)9-10/h6-7,9H,4-5,8H2,1-3H3. The van der Waals surface area contributed by atoms with Crippen LogP contribution in [0.3, 0.4) is 0 Å². The summed E-state index contributed by atoms with van der Waals surface area (Å²) in [6, 6.07) is 6.27. The first-order chi connectivity index (χ1) is 7.13. The largest absolute Gasteiger partial charge is 0.496 e. The van der Waals surface area contributed by atoms with Gasteiger partial charge in [0.05, 0.1) is 11.6 Å². The highest BCUT2D eigenvalue weighted by Crippen LogP contribution is 2.25. The van der Waals surface area contributed by atoms with Crippen LogP contribution >= 0.6 is 15.9 Å². The van der Waals surface area contributed by atoms with E-state index in [-0.39, 0.29) is 0 Å². The summed E-state index contributed by atoms with van der Waals surface area (Å²) in [7, 11) is 5.89. The van der Waals surface area contributed by atoms with Crippen molar-refractivity contribution in [3.8, 4) is 5.75 Å². The fraction of sp³-hybridized carbons (Fsp3) is 0.500. The van der Waals surface area contributed by atoms with Crippen LogP contribution in [0.1, 0.15) is 12.0 Å². The minimum absolute atomic E-state index is 0.895. The lowest BCUT2D eigenvalue weighted by atomic mass is 10.1. The zero-order chi connectivity index (χ0) is 11.3. The van der Waals surface area contributed by atoms with Crippen LogP contribution in [0.25, 0.3) is 0 Å². The summed E-state index contributed by atoms with van der Waals surface area (Å²) in [6.45, 7) is 1.13. The van der Waals surface area contributed by atoms with Gasteiger partial charge in [0.2, 0.25) is 0 Å². The van der Waals surface area contributed by atoms with Crippen molar-refractivity contribution in [2.75, 3.05) is 27.7 Å². The van der Waals surface area contributed by atoms with Crippen LogP contribution in [0.5, 0.6) is 5.75 Å². The van der Waals surface area contributed by atoms with Crippen LogP contribution in [0, 0.1) is 0 Å². The molecule has 84 valence electrons. The van der Waals surface area contributed by atoms with Crippen molar-refractivity contribution in [3.05, 3.63) is 28.2 Å². The number of rotatable bonds is 5. The van der Waals surface area contributed by atoms with Crippen molar-refractivity contribution < 1.29 is 4.74 Å². The molecule has 0 spiro atoms. The van der Waals surface area contributed by atoms with Crippen molar-refractivity contribution in [3.63, 3.8) is 0 Å². The summed E-state index contributed by atoms with van der Waals surface area (Å²) in [5.74, 6) is 0.895. The predicted molar refractivity (Wildman–Crippen MR) is 67.6 cm³/mol. The minimum atomic E-state index is 0.895. The summed E-state index contributed by atoms with van der Waals surface area (Å²) in [6.07, 6.45) is 2.30. The molecule has 15 heavy (non-hydrogen) atoms. The number of aryl methyl sites for hydroxylation is 1. The molecule has 0 saturated carbocycles. The Kier molecular flexibility index (Phi) is 5.12. The second-order valence-electron chi connectivity index (χ2n) is 3.88. The van der Waals surface area contributed by atoms with E-state index in [0.29, 0.717) is 0 Å². The maximum atomic E-state index is 5.19. The van der Waals surface area contributed by atoms with Gasteiger partial charge >= 0.3 is 0 Å². The molecule has 1 aromatic carbocycles. The van der Waals surface area contributed by atoms with Gasteiger partial charge in [-0.15, -0.1) is 0 Å². The molecule has 0 aromatic heterocycles. The molecule has 0 saturated heterocycles. The van der Waals surface area contributed by atoms with Crippen molar-refractivity contribution in [1.29, 1.82) is 0 Å². The fourth-order valence-corrected chi connectivity index (χ4v) is 2.05. The molecule has 0 radical (unpaired) electrons. The van der Waals surface area contributed by atoms with E-state index in [1.807, 2.05) is 6.07 Å². The Bertz CT molecular complexity index is 312.